The summed E-state index contributed by atoms with van der Waals surface area (Å²) in [7, 11) is 1.50. The number of nitrogens with zero attached hydrogens (tertiary/aromatic N) is 1. The van der Waals surface area contributed by atoms with Crippen LogP contribution in [0.4, 0.5) is 0 Å². The fourth-order valence-corrected chi connectivity index (χ4v) is 2.48. The van der Waals surface area contributed by atoms with Crippen LogP contribution in [0.3, 0.4) is 0 Å². The summed E-state index contributed by atoms with van der Waals surface area (Å²) < 4.78 is 0. The van der Waals surface area contributed by atoms with Gasteiger partial charge < -0.3 is 5.73 Å². The van der Waals surface area contributed by atoms with Crippen molar-refractivity contribution in [2.45, 2.75) is 33.2 Å². The van der Waals surface area contributed by atoms with Crippen LogP contribution in [0, 0.1) is 0 Å². The fourth-order valence-electron chi connectivity index (χ4n) is 2.07. The Kier molecular flexibility index (Phi) is 5.60. The van der Waals surface area contributed by atoms with Gasteiger partial charge in [0, 0.05) is 19.2 Å². The zero-order valence-corrected chi connectivity index (χ0v) is 12.5. The standard InChI is InChI=1S/C14H21N3OS/c1-4-10-6-9(8-15)7-11(5-2)12(10)13(19)14(18)17(3)16/h6-7H,4-5,8,15-16H2,1-3H3. The quantitative estimate of drug-likeness (QED) is 0.280. The van der Waals surface area contributed by atoms with E-state index in [-0.39, 0.29) is 10.8 Å². The molecule has 5 heteroatoms. The Bertz CT molecular complexity index is 472. The van der Waals surface area contributed by atoms with E-state index in [1.165, 1.54) is 7.05 Å². The lowest BCUT2D eigenvalue weighted by Crippen LogP contribution is -2.38. The second kappa shape index (κ2) is 6.75. The van der Waals surface area contributed by atoms with Crippen molar-refractivity contribution in [3.63, 3.8) is 0 Å². The Morgan fingerprint density at radius 1 is 1.26 bits per heavy atom. The Hall–Kier alpha value is -1.30. The lowest BCUT2D eigenvalue weighted by Gasteiger charge is -2.18. The molecule has 0 atom stereocenters. The highest BCUT2D eigenvalue weighted by molar-refractivity contribution is 7.82. The SMILES string of the molecule is CCc1cc(CN)cc(CC)c1C(=S)C(=O)N(C)N. The molecule has 0 aliphatic carbocycles. The third-order valence-electron chi connectivity index (χ3n) is 3.10. The van der Waals surface area contributed by atoms with E-state index in [1.807, 2.05) is 26.0 Å². The predicted molar refractivity (Wildman–Crippen MR) is 81.7 cm³/mol. The summed E-state index contributed by atoms with van der Waals surface area (Å²) in [6.45, 7) is 4.56. The molecule has 0 saturated carbocycles. The zero-order chi connectivity index (χ0) is 14.6. The minimum atomic E-state index is -0.333. The average Bonchev–Trinajstić information content (AvgIpc) is 2.43. The number of hydrazine groups is 1. The third kappa shape index (κ3) is 3.37. The number of likely N-dealkylation sites (N-methyl/N-ethyl adjacent to an activating group) is 1. The van der Waals surface area contributed by atoms with E-state index < -0.39 is 0 Å². The molecule has 1 amide bonds. The molecule has 19 heavy (non-hydrogen) atoms. The van der Waals surface area contributed by atoms with Crippen molar-refractivity contribution in [2.24, 2.45) is 11.6 Å². The van der Waals surface area contributed by atoms with Gasteiger partial charge in [0.25, 0.3) is 5.91 Å². The zero-order valence-electron chi connectivity index (χ0n) is 11.7. The molecule has 0 unspecified atom stereocenters. The van der Waals surface area contributed by atoms with Crippen molar-refractivity contribution in [1.82, 2.24) is 5.01 Å². The first-order valence-electron chi connectivity index (χ1n) is 6.38. The van der Waals surface area contributed by atoms with Gasteiger partial charge in [0.1, 0.15) is 4.86 Å². The van der Waals surface area contributed by atoms with Crippen LogP contribution in [0.5, 0.6) is 0 Å². The van der Waals surface area contributed by atoms with E-state index in [4.69, 9.17) is 23.8 Å². The summed E-state index contributed by atoms with van der Waals surface area (Å²) in [6.07, 6.45) is 1.61. The molecule has 0 saturated heterocycles. The first kappa shape index (κ1) is 15.8. The van der Waals surface area contributed by atoms with Gasteiger partial charge in [0.15, 0.2) is 0 Å². The summed E-state index contributed by atoms with van der Waals surface area (Å²) in [5.74, 6) is 5.16. The van der Waals surface area contributed by atoms with Gasteiger partial charge in [0.2, 0.25) is 0 Å². The van der Waals surface area contributed by atoms with E-state index >= 15 is 0 Å². The molecule has 0 spiro atoms. The molecule has 4 N–H and O–H groups in total. The van der Waals surface area contributed by atoms with Crippen molar-refractivity contribution >= 4 is 23.0 Å². The van der Waals surface area contributed by atoms with Crippen molar-refractivity contribution < 1.29 is 4.79 Å². The normalized spacial score (nSPS) is 10.4. The van der Waals surface area contributed by atoms with Crippen LogP contribution in [0.15, 0.2) is 12.1 Å². The van der Waals surface area contributed by atoms with E-state index in [1.54, 1.807) is 0 Å². The highest BCUT2D eigenvalue weighted by Gasteiger charge is 2.20. The second-order valence-electron chi connectivity index (χ2n) is 4.45. The smallest absolute Gasteiger partial charge is 0.279 e. The van der Waals surface area contributed by atoms with Gasteiger partial charge in [-0.15, -0.1) is 0 Å². The van der Waals surface area contributed by atoms with Crippen LogP contribution in [0.25, 0.3) is 0 Å². The average molecular weight is 279 g/mol. The summed E-state index contributed by atoms with van der Waals surface area (Å²) in [4.78, 5) is 12.2. The third-order valence-corrected chi connectivity index (χ3v) is 3.48. The van der Waals surface area contributed by atoms with Crippen LogP contribution >= 0.6 is 12.2 Å². The van der Waals surface area contributed by atoms with Gasteiger partial charge in [-0.25, -0.2) is 5.84 Å². The maximum absolute atomic E-state index is 12.0. The van der Waals surface area contributed by atoms with Gasteiger partial charge in [0.05, 0.1) is 0 Å². The van der Waals surface area contributed by atoms with E-state index in [2.05, 4.69) is 0 Å². The number of carbonyl (C=O) groups is 1. The first-order valence-corrected chi connectivity index (χ1v) is 6.78. The molecule has 1 aromatic rings. The molecule has 1 aromatic carbocycles. The Morgan fingerprint density at radius 3 is 2.05 bits per heavy atom. The molecule has 0 bridgehead atoms. The minimum Gasteiger partial charge on any atom is -0.326 e. The number of hydrogen-bond donors (Lipinski definition) is 2. The molecule has 0 aliphatic heterocycles. The number of carbonyl (C=O) groups excluding carboxylic acids is 1. The maximum Gasteiger partial charge on any atom is 0.279 e. The van der Waals surface area contributed by atoms with Crippen LogP contribution in [0.1, 0.15) is 36.1 Å². The molecule has 4 nitrogen and oxygen atoms in total. The number of nitrogens with two attached hydrogens (primary N) is 2. The van der Waals surface area contributed by atoms with Gasteiger partial charge in [-0.05, 0) is 29.5 Å². The molecule has 0 aliphatic rings. The Balaban J connectivity index is 3.40. The van der Waals surface area contributed by atoms with Crippen LogP contribution in [-0.4, -0.2) is 22.8 Å². The Labute approximate surface area is 119 Å². The predicted octanol–water partition coefficient (Wildman–Crippen LogP) is 1.32. The summed E-state index contributed by atoms with van der Waals surface area (Å²) in [6, 6.07) is 4.04. The van der Waals surface area contributed by atoms with Gasteiger partial charge in [-0.2, -0.15) is 0 Å². The highest BCUT2D eigenvalue weighted by atomic mass is 32.1. The molecule has 0 aromatic heterocycles. The van der Waals surface area contributed by atoms with Crippen molar-refractivity contribution in [1.29, 1.82) is 0 Å². The van der Waals surface area contributed by atoms with E-state index in [0.29, 0.717) is 6.54 Å². The minimum absolute atomic E-state index is 0.280. The van der Waals surface area contributed by atoms with Crippen LogP contribution in [-0.2, 0) is 24.2 Å². The van der Waals surface area contributed by atoms with E-state index in [0.717, 1.165) is 40.1 Å². The number of benzene rings is 1. The topological polar surface area (TPSA) is 72.4 Å². The lowest BCUT2D eigenvalue weighted by molar-refractivity contribution is -0.122. The number of amides is 1. The van der Waals surface area contributed by atoms with Crippen molar-refractivity contribution in [3.05, 3.63) is 34.4 Å². The summed E-state index contributed by atoms with van der Waals surface area (Å²) >= 11 is 5.30. The summed E-state index contributed by atoms with van der Waals surface area (Å²) in [5.41, 5.74) is 9.72. The van der Waals surface area contributed by atoms with Crippen LogP contribution in [0.2, 0.25) is 0 Å². The number of thiocarbonyl (C=S) groups is 1. The molecule has 0 radical (unpaired) electrons. The fraction of sp³-hybridized carbons (Fsp3) is 0.429. The van der Waals surface area contributed by atoms with E-state index in [9.17, 15) is 4.79 Å². The first-order chi connectivity index (χ1) is 8.96. The lowest BCUT2D eigenvalue weighted by atomic mass is 9.92. The van der Waals surface area contributed by atoms with Gasteiger partial charge in [-0.1, -0.05) is 38.2 Å². The number of hydrogen-bond acceptors (Lipinski definition) is 4. The summed E-state index contributed by atoms with van der Waals surface area (Å²) in [5, 5.41) is 1.03. The van der Waals surface area contributed by atoms with Gasteiger partial charge >= 0.3 is 0 Å². The second-order valence-corrected chi connectivity index (χ2v) is 4.85. The molecule has 0 fully saturated rings. The largest absolute Gasteiger partial charge is 0.326 e. The van der Waals surface area contributed by atoms with Crippen LogP contribution < -0.4 is 11.6 Å². The number of rotatable bonds is 5. The van der Waals surface area contributed by atoms with Crippen molar-refractivity contribution in [2.75, 3.05) is 7.05 Å². The maximum atomic E-state index is 12.0. The molecule has 104 valence electrons. The number of aryl methyl sites for hydroxylation is 2. The van der Waals surface area contributed by atoms with Gasteiger partial charge in [-0.3, -0.25) is 9.80 Å². The van der Waals surface area contributed by atoms with Crippen molar-refractivity contribution in [3.8, 4) is 0 Å². The molecular formula is C14H21N3OS. The Morgan fingerprint density at radius 2 is 1.74 bits per heavy atom. The highest BCUT2D eigenvalue weighted by Crippen LogP contribution is 2.21. The molecule has 1 rings (SSSR count). The molecule has 0 heterocycles. The monoisotopic (exact) mass is 279 g/mol. The molecular weight excluding hydrogens is 258 g/mol.